The van der Waals surface area contributed by atoms with E-state index in [2.05, 4.69) is 4.90 Å². The molecular formula is C18H27NO6. The highest BCUT2D eigenvalue weighted by atomic mass is 16.6. The lowest BCUT2D eigenvalue weighted by atomic mass is 9.82. The third-order valence-electron chi connectivity index (χ3n) is 6.10. The minimum absolute atomic E-state index is 0.0220. The van der Waals surface area contributed by atoms with E-state index in [-0.39, 0.29) is 30.2 Å². The zero-order valence-electron chi connectivity index (χ0n) is 15.0. The number of hydrogen-bond acceptors (Lipinski definition) is 7. The minimum Gasteiger partial charge on any atom is -0.463 e. The van der Waals surface area contributed by atoms with Gasteiger partial charge in [-0.25, -0.2) is 9.59 Å². The van der Waals surface area contributed by atoms with Crippen LogP contribution in [0, 0.1) is 11.8 Å². The molecular weight excluding hydrogens is 326 g/mol. The van der Waals surface area contributed by atoms with Crippen LogP contribution in [-0.4, -0.2) is 70.6 Å². The molecule has 0 aliphatic carbocycles. The molecule has 0 unspecified atom stereocenters. The summed E-state index contributed by atoms with van der Waals surface area (Å²) in [6, 6.07) is 0.0220. The van der Waals surface area contributed by atoms with Crippen LogP contribution in [0.2, 0.25) is 0 Å². The summed E-state index contributed by atoms with van der Waals surface area (Å²) in [5.41, 5.74) is -1.84. The number of ether oxygens (including phenoxy) is 2. The molecule has 3 aliphatic rings. The summed E-state index contributed by atoms with van der Waals surface area (Å²) in [4.78, 5) is 27.3. The Kier molecular flexibility index (Phi) is 4.92. The number of allylic oxidation sites excluding steroid dienone is 1. The first-order chi connectivity index (χ1) is 11.8. The van der Waals surface area contributed by atoms with Crippen LogP contribution < -0.4 is 0 Å². The lowest BCUT2D eigenvalue weighted by molar-refractivity contribution is -0.176. The van der Waals surface area contributed by atoms with E-state index in [9.17, 15) is 19.8 Å². The molecule has 0 aromatic heterocycles. The van der Waals surface area contributed by atoms with E-state index < -0.39 is 29.6 Å². The van der Waals surface area contributed by atoms with Crippen LogP contribution in [0.25, 0.3) is 0 Å². The van der Waals surface area contributed by atoms with E-state index in [1.807, 2.05) is 0 Å². The standard InChI is InChI=1S/C18H27NO6/c1-4-12-15(20)10(2)18(3,23)17(22)24-9-11-5-7-19-8-6-13(14(11)19)25-16(12)21/h4,10-11,13-15,20,23H,5-9H2,1-3H3/b12-4-/t10-,11-,13-,14-,15+,18+/m1/s1. The van der Waals surface area contributed by atoms with Crippen LogP contribution in [-0.2, 0) is 19.1 Å². The molecule has 3 fully saturated rings. The number of hydrogen-bond donors (Lipinski definition) is 2. The van der Waals surface area contributed by atoms with Gasteiger partial charge in [0.15, 0.2) is 5.60 Å². The third kappa shape index (κ3) is 3.09. The third-order valence-corrected chi connectivity index (χ3v) is 6.10. The van der Waals surface area contributed by atoms with E-state index in [1.54, 1.807) is 6.92 Å². The summed E-state index contributed by atoms with van der Waals surface area (Å²) in [7, 11) is 0. The van der Waals surface area contributed by atoms with Gasteiger partial charge in [0.1, 0.15) is 6.10 Å². The Balaban J connectivity index is 1.94. The SMILES string of the molecule is C/C=C1\C(=O)O[C@@H]2CCN3CC[C@H](COC(=O)[C@@](C)(O)[C@H](C)[C@@H]1O)[C@H]23. The molecule has 140 valence electrons. The van der Waals surface area contributed by atoms with Crippen molar-refractivity contribution < 1.29 is 29.3 Å². The Bertz CT molecular complexity index is 586. The highest BCUT2D eigenvalue weighted by Gasteiger charge is 2.49. The first-order valence-electron chi connectivity index (χ1n) is 8.96. The maximum atomic E-state index is 12.6. The smallest absolute Gasteiger partial charge is 0.338 e. The quantitative estimate of drug-likeness (QED) is 0.476. The molecule has 25 heavy (non-hydrogen) atoms. The van der Waals surface area contributed by atoms with Gasteiger partial charge in [-0.2, -0.15) is 0 Å². The average molecular weight is 353 g/mol. The predicted octanol–water partition coefficient (Wildman–Crippen LogP) is 0.244. The number of aliphatic hydroxyl groups is 2. The van der Waals surface area contributed by atoms with Gasteiger partial charge in [-0.1, -0.05) is 13.0 Å². The Hall–Kier alpha value is -1.44. The highest BCUT2D eigenvalue weighted by molar-refractivity contribution is 5.90. The average Bonchev–Trinajstić information content (AvgIpc) is 3.14. The van der Waals surface area contributed by atoms with Crippen molar-refractivity contribution in [2.45, 2.75) is 57.5 Å². The number of nitrogens with zero attached hydrogens (tertiary/aromatic N) is 1. The number of aliphatic hydroxyl groups excluding tert-OH is 1. The number of carbonyl (C=O) groups excluding carboxylic acids is 2. The topological polar surface area (TPSA) is 96.3 Å². The summed E-state index contributed by atoms with van der Waals surface area (Å²) >= 11 is 0. The predicted molar refractivity (Wildman–Crippen MR) is 88.5 cm³/mol. The largest absolute Gasteiger partial charge is 0.463 e. The van der Waals surface area contributed by atoms with Gasteiger partial charge < -0.3 is 19.7 Å². The van der Waals surface area contributed by atoms with E-state index in [1.165, 1.54) is 19.9 Å². The van der Waals surface area contributed by atoms with Crippen molar-refractivity contribution in [2.75, 3.05) is 19.7 Å². The Morgan fingerprint density at radius 2 is 1.96 bits per heavy atom. The number of carbonyl (C=O) groups is 2. The second-order valence-electron chi connectivity index (χ2n) is 7.53. The van der Waals surface area contributed by atoms with Gasteiger partial charge in [-0.05, 0) is 33.2 Å². The van der Waals surface area contributed by atoms with Crippen LogP contribution in [0.15, 0.2) is 11.6 Å². The van der Waals surface area contributed by atoms with Crippen molar-refractivity contribution in [3.63, 3.8) is 0 Å². The zero-order chi connectivity index (χ0) is 18.4. The fraction of sp³-hybridized carbons (Fsp3) is 0.778. The second kappa shape index (κ2) is 6.70. The minimum atomic E-state index is -1.90. The number of cyclic esters (lactones) is 1. The van der Waals surface area contributed by atoms with Gasteiger partial charge in [0.25, 0.3) is 0 Å². The number of rotatable bonds is 0. The molecule has 0 radical (unpaired) electrons. The molecule has 7 heteroatoms. The van der Waals surface area contributed by atoms with Crippen molar-refractivity contribution in [3.05, 3.63) is 11.6 Å². The van der Waals surface area contributed by atoms with E-state index in [0.29, 0.717) is 0 Å². The fourth-order valence-corrected chi connectivity index (χ4v) is 4.23. The molecule has 0 saturated carbocycles. The van der Waals surface area contributed by atoms with Crippen LogP contribution in [0.4, 0.5) is 0 Å². The second-order valence-corrected chi connectivity index (χ2v) is 7.53. The summed E-state index contributed by atoms with van der Waals surface area (Å²) in [6.07, 6.45) is 1.49. The molecule has 0 spiro atoms. The van der Waals surface area contributed by atoms with E-state index in [0.717, 1.165) is 25.9 Å². The first kappa shape index (κ1) is 18.4. The normalized spacial score (nSPS) is 44.7. The van der Waals surface area contributed by atoms with Crippen molar-refractivity contribution in [3.8, 4) is 0 Å². The van der Waals surface area contributed by atoms with E-state index >= 15 is 0 Å². The first-order valence-corrected chi connectivity index (χ1v) is 8.96. The van der Waals surface area contributed by atoms with Gasteiger partial charge >= 0.3 is 11.9 Å². The molecule has 0 aromatic rings. The van der Waals surface area contributed by atoms with Gasteiger partial charge in [-0.3, -0.25) is 4.90 Å². The monoisotopic (exact) mass is 353 g/mol. The summed E-state index contributed by atoms with van der Waals surface area (Å²) in [6.45, 7) is 6.37. The molecule has 2 N–H and O–H groups in total. The van der Waals surface area contributed by atoms with Crippen molar-refractivity contribution >= 4 is 11.9 Å². The van der Waals surface area contributed by atoms with Gasteiger partial charge in [0, 0.05) is 18.4 Å². The molecule has 0 amide bonds. The molecule has 0 aromatic carbocycles. The molecule has 3 saturated heterocycles. The van der Waals surface area contributed by atoms with Crippen LogP contribution >= 0.6 is 0 Å². The number of esters is 2. The van der Waals surface area contributed by atoms with Gasteiger partial charge in [-0.15, -0.1) is 0 Å². The Morgan fingerprint density at radius 3 is 2.64 bits per heavy atom. The van der Waals surface area contributed by atoms with E-state index in [4.69, 9.17) is 9.47 Å². The lowest BCUT2D eigenvalue weighted by Gasteiger charge is -2.34. The highest BCUT2D eigenvalue weighted by Crippen LogP contribution is 2.37. The lowest BCUT2D eigenvalue weighted by Crippen LogP contribution is -2.50. The fourth-order valence-electron chi connectivity index (χ4n) is 4.23. The maximum Gasteiger partial charge on any atom is 0.338 e. The van der Waals surface area contributed by atoms with Crippen LogP contribution in [0.5, 0.6) is 0 Å². The van der Waals surface area contributed by atoms with Crippen molar-refractivity contribution in [1.82, 2.24) is 4.90 Å². The van der Waals surface area contributed by atoms with Crippen molar-refractivity contribution in [1.29, 1.82) is 0 Å². The van der Waals surface area contributed by atoms with Crippen LogP contribution in [0.1, 0.15) is 33.6 Å². The molecule has 3 heterocycles. The summed E-state index contributed by atoms with van der Waals surface area (Å²) in [5, 5.41) is 21.2. The van der Waals surface area contributed by atoms with Gasteiger partial charge in [0.05, 0.1) is 24.3 Å². The van der Waals surface area contributed by atoms with Crippen molar-refractivity contribution in [2.24, 2.45) is 11.8 Å². The Labute approximate surface area is 147 Å². The summed E-state index contributed by atoms with van der Waals surface area (Å²) in [5.74, 6) is -2.19. The zero-order valence-corrected chi connectivity index (χ0v) is 15.0. The molecule has 7 nitrogen and oxygen atoms in total. The van der Waals surface area contributed by atoms with Gasteiger partial charge in [0.2, 0.25) is 0 Å². The molecule has 0 bridgehead atoms. The molecule has 3 rings (SSSR count). The molecule has 3 aliphatic heterocycles. The van der Waals surface area contributed by atoms with Crippen LogP contribution in [0.3, 0.4) is 0 Å². The Morgan fingerprint density at radius 1 is 1.28 bits per heavy atom. The maximum absolute atomic E-state index is 12.6. The molecule has 6 atom stereocenters. The summed E-state index contributed by atoms with van der Waals surface area (Å²) < 4.78 is 11.1.